The van der Waals surface area contributed by atoms with Gasteiger partial charge < -0.3 is 9.30 Å². The van der Waals surface area contributed by atoms with Crippen molar-refractivity contribution in [3.63, 3.8) is 0 Å². The van der Waals surface area contributed by atoms with Crippen molar-refractivity contribution in [1.29, 1.82) is 0 Å². The average molecular weight is 312 g/mol. The topological polar surface area (TPSA) is 44.1 Å². The van der Waals surface area contributed by atoms with E-state index in [2.05, 4.69) is 22.6 Å². The minimum absolute atomic E-state index is 0.128. The Balaban J connectivity index is 1.74. The summed E-state index contributed by atoms with van der Waals surface area (Å²) in [4.78, 5) is 16.1. The summed E-state index contributed by atoms with van der Waals surface area (Å²) in [6.45, 7) is 3.31. The van der Waals surface area contributed by atoms with Gasteiger partial charge >= 0.3 is 5.97 Å². The summed E-state index contributed by atoms with van der Waals surface area (Å²) in [6, 6.07) is 10.1. The normalized spacial score (nSPS) is 11.0. The van der Waals surface area contributed by atoms with E-state index in [-0.39, 0.29) is 5.97 Å². The van der Waals surface area contributed by atoms with Crippen LogP contribution in [0.3, 0.4) is 0 Å². The lowest BCUT2D eigenvalue weighted by Gasteiger charge is -2.08. The van der Waals surface area contributed by atoms with E-state index in [0.717, 1.165) is 37.2 Å². The number of hydrogen-bond acceptors (Lipinski definition) is 3. The van der Waals surface area contributed by atoms with E-state index in [9.17, 15) is 4.79 Å². The third-order valence-corrected chi connectivity index (χ3v) is 3.48. The molecule has 2 aromatic rings. The standard InChI is InChI=1S/C19H24N2O2/c1-2-3-4-8-16-23-18(22)12-9-14-21-15-13-20-19(21)17-10-6-5-7-11-17/h3-7,10-11,13,15H,2,8-9,12,14,16H2,1H3/b4-3-. The minimum atomic E-state index is -0.128. The van der Waals surface area contributed by atoms with E-state index in [1.54, 1.807) is 6.20 Å². The Morgan fingerprint density at radius 2 is 2.09 bits per heavy atom. The van der Waals surface area contributed by atoms with Gasteiger partial charge in [0.1, 0.15) is 5.82 Å². The number of nitrogens with zero attached hydrogens (tertiary/aromatic N) is 2. The van der Waals surface area contributed by atoms with Crippen LogP contribution in [-0.4, -0.2) is 22.1 Å². The van der Waals surface area contributed by atoms with Crippen molar-refractivity contribution in [2.24, 2.45) is 0 Å². The highest BCUT2D eigenvalue weighted by molar-refractivity contribution is 5.69. The lowest BCUT2D eigenvalue weighted by Crippen LogP contribution is -2.07. The summed E-state index contributed by atoms with van der Waals surface area (Å²) < 4.78 is 7.28. The third-order valence-electron chi connectivity index (χ3n) is 3.48. The maximum absolute atomic E-state index is 11.7. The van der Waals surface area contributed by atoms with Crippen LogP contribution >= 0.6 is 0 Å². The number of carbonyl (C=O) groups is 1. The molecule has 0 atom stereocenters. The molecule has 4 heteroatoms. The Hall–Kier alpha value is -2.36. The zero-order chi connectivity index (χ0) is 16.3. The Kier molecular flexibility index (Phi) is 7.11. The van der Waals surface area contributed by atoms with Gasteiger partial charge in [-0.05, 0) is 19.3 Å². The summed E-state index contributed by atoms with van der Waals surface area (Å²) >= 11 is 0. The first kappa shape index (κ1) is 17.0. The highest BCUT2D eigenvalue weighted by Gasteiger charge is 2.07. The van der Waals surface area contributed by atoms with Gasteiger partial charge in [-0.15, -0.1) is 0 Å². The molecule has 0 saturated carbocycles. The summed E-state index contributed by atoms with van der Waals surface area (Å²) in [6.07, 6.45) is 10.9. The van der Waals surface area contributed by atoms with E-state index in [4.69, 9.17) is 4.74 Å². The number of ether oxygens (including phenoxy) is 1. The second kappa shape index (κ2) is 9.62. The molecular formula is C19H24N2O2. The number of esters is 1. The molecule has 122 valence electrons. The van der Waals surface area contributed by atoms with E-state index in [1.807, 2.05) is 42.6 Å². The number of aryl methyl sites for hydroxylation is 1. The highest BCUT2D eigenvalue weighted by Crippen LogP contribution is 2.17. The lowest BCUT2D eigenvalue weighted by molar-refractivity contribution is -0.143. The van der Waals surface area contributed by atoms with Crippen molar-refractivity contribution in [2.45, 2.75) is 39.2 Å². The maximum Gasteiger partial charge on any atom is 0.305 e. The molecule has 0 aliphatic heterocycles. The van der Waals surface area contributed by atoms with Crippen molar-refractivity contribution >= 4 is 5.97 Å². The van der Waals surface area contributed by atoms with Crippen LogP contribution < -0.4 is 0 Å². The molecule has 0 bridgehead atoms. The summed E-state index contributed by atoms with van der Waals surface area (Å²) in [7, 11) is 0. The Morgan fingerprint density at radius 1 is 1.26 bits per heavy atom. The third kappa shape index (κ3) is 5.74. The SMILES string of the molecule is CC/C=C\CCOC(=O)CCCn1ccnc1-c1ccccc1. The molecule has 0 N–H and O–H groups in total. The monoisotopic (exact) mass is 312 g/mol. The molecule has 0 spiro atoms. The predicted molar refractivity (Wildman–Crippen MR) is 91.9 cm³/mol. The van der Waals surface area contributed by atoms with Gasteiger partial charge in [-0.1, -0.05) is 49.4 Å². The molecule has 23 heavy (non-hydrogen) atoms. The molecule has 0 radical (unpaired) electrons. The zero-order valence-corrected chi connectivity index (χ0v) is 13.6. The van der Waals surface area contributed by atoms with Crippen LogP contribution in [0.2, 0.25) is 0 Å². The molecule has 0 fully saturated rings. The van der Waals surface area contributed by atoms with Gasteiger partial charge in [0.05, 0.1) is 6.61 Å². The van der Waals surface area contributed by atoms with Crippen molar-refractivity contribution in [2.75, 3.05) is 6.61 Å². The average Bonchev–Trinajstić information content (AvgIpc) is 3.04. The minimum Gasteiger partial charge on any atom is -0.465 e. The van der Waals surface area contributed by atoms with Crippen molar-refractivity contribution in [3.8, 4) is 11.4 Å². The molecule has 0 aliphatic rings. The van der Waals surface area contributed by atoms with Gasteiger partial charge in [0.15, 0.2) is 0 Å². The lowest BCUT2D eigenvalue weighted by atomic mass is 10.2. The Labute approximate surface area is 137 Å². The molecule has 4 nitrogen and oxygen atoms in total. The predicted octanol–water partition coefficient (Wildman–Crippen LogP) is 4.23. The number of allylic oxidation sites excluding steroid dienone is 1. The van der Waals surface area contributed by atoms with Crippen LogP contribution in [-0.2, 0) is 16.1 Å². The number of rotatable bonds is 9. The summed E-state index contributed by atoms with van der Waals surface area (Å²) in [5.74, 6) is 0.806. The quantitative estimate of drug-likeness (QED) is 0.395. The van der Waals surface area contributed by atoms with Gasteiger partial charge in [-0.25, -0.2) is 4.98 Å². The van der Waals surface area contributed by atoms with Crippen molar-refractivity contribution < 1.29 is 9.53 Å². The van der Waals surface area contributed by atoms with Gasteiger partial charge in [-0.2, -0.15) is 0 Å². The van der Waals surface area contributed by atoms with Crippen molar-refractivity contribution in [1.82, 2.24) is 9.55 Å². The molecule has 1 aromatic heterocycles. The first-order valence-electron chi connectivity index (χ1n) is 8.18. The van der Waals surface area contributed by atoms with Gasteiger partial charge in [0, 0.05) is 30.9 Å². The Bertz CT molecular complexity index is 617. The fraction of sp³-hybridized carbons (Fsp3) is 0.368. The van der Waals surface area contributed by atoms with Crippen LogP contribution in [0.15, 0.2) is 54.9 Å². The molecule has 0 amide bonds. The van der Waals surface area contributed by atoms with E-state index in [1.165, 1.54) is 0 Å². The van der Waals surface area contributed by atoms with Gasteiger partial charge in [0.25, 0.3) is 0 Å². The number of hydrogen-bond donors (Lipinski definition) is 0. The number of imidazole rings is 1. The number of benzene rings is 1. The molecule has 1 heterocycles. The second-order valence-corrected chi connectivity index (χ2v) is 5.30. The zero-order valence-electron chi connectivity index (χ0n) is 13.6. The summed E-state index contributed by atoms with van der Waals surface area (Å²) in [5.41, 5.74) is 1.09. The van der Waals surface area contributed by atoms with Crippen LogP contribution in [0.5, 0.6) is 0 Å². The molecular weight excluding hydrogens is 288 g/mol. The molecule has 0 saturated heterocycles. The van der Waals surface area contributed by atoms with Crippen LogP contribution in [0.4, 0.5) is 0 Å². The van der Waals surface area contributed by atoms with Gasteiger partial charge in [0.2, 0.25) is 0 Å². The van der Waals surface area contributed by atoms with E-state index >= 15 is 0 Å². The fourth-order valence-corrected chi connectivity index (χ4v) is 2.33. The highest BCUT2D eigenvalue weighted by atomic mass is 16.5. The first-order valence-corrected chi connectivity index (χ1v) is 8.18. The molecule has 0 unspecified atom stereocenters. The van der Waals surface area contributed by atoms with E-state index in [0.29, 0.717) is 13.0 Å². The molecule has 0 aliphatic carbocycles. The largest absolute Gasteiger partial charge is 0.465 e. The number of carbonyl (C=O) groups excluding carboxylic acids is 1. The van der Waals surface area contributed by atoms with Gasteiger partial charge in [-0.3, -0.25) is 4.79 Å². The van der Waals surface area contributed by atoms with E-state index < -0.39 is 0 Å². The molecule has 2 rings (SSSR count). The van der Waals surface area contributed by atoms with Crippen LogP contribution in [0, 0.1) is 0 Å². The first-order chi connectivity index (χ1) is 11.3. The van der Waals surface area contributed by atoms with Crippen LogP contribution in [0.1, 0.15) is 32.6 Å². The fourth-order valence-electron chi connectivity index (χ4n) is 2.33. The molecule has 1 aromatic carbocycles. The van der Waals surface area contributed by atoms with Crippen molar-refractivity contribution in [3.05, 3.63) is 54.9 Å². The Morgan fingerprint density at radius 3 is 2.87 bits per heavy atom. The number of aromatic nitrogens is 2. The summed E-state index contributed by atoms with van der Waals surface area (Å²) in [5, 5.41) is 0. The maximum atomic E-state index is 11.7. The second-order valence-electron chi connectivity index (χ2n) is 5.30. The smallest absolute Gasteiger partial charge is 0.305 e. The van der Waals surface area contributed by atoms with Crippen LogP contribution in [0.25, 0.3) is 11.4 Å².